The fraction of sp³-hybridized carbons (Fsp3) is 1.00. The molecule has 0 rings (SSSR count). The van der Waals surface area contributed by atoms with E-state index in [1.165, 1.54) is 32.6 Å². The van der Waals surface area contributed by atoms with E-state index in [2.05, 4.69) is 63.6 Å². The van der Waals surface area contributed by atoms with Crippen LogP contribution in [0.1, 0.15) is 54.9 Å². The minimum Gasteiger partial charge on any atom is -0.311 e. The second-order valence-corrected chi connectivity index (χ2v) is 6.49. The first-order valence-electron chi connectivity index (χ1n) is 8.05. The van der Waals surface area contributed by atoms with Crippen molar-refractivity contribution in [1.29, 1.82) is 0 Å². The van der Waals surface area contributed by atoms with Crippen LogP contribution in [0.15, 0.2) is 0 Å². The van der Waals surface area contributed by atoms with Gasteiger partial charge in [0.2, 0.25) is 0 Å². The molecule has 0 aromatic rings. The summed E-state index contributed by atoms with van der Waals surface area (Å²) in [5.41, 5.74) is 0.217. The van der Waals surface area contributed by atoms with Gasteiger partial charge in [-0.3, -0.25) is 4.90 Å². The summed E-state index contributed by atoms with van der Waals surface area (Å²) < 4.78 is 0. The van der Waals surface area contributed by atoms with E-state index in [9.17, 15) is 0 Å². The number of hydrogen-bond acceptors (Lipinski definition) is 3. The molecule has 3 nitrogen and oxygen atoms in total. The van der Waals surface area contributed by atoms with Crippen LogP contribution in [0.5, 0.6) is 0 Å². The number of likely N-dealkylation sites (N-methyl/N-ethyl adjacent to an activating group) is 1. The number of nitrogens with one attached hydrogen (secondary N) is 1. The molecule has 0 aromatic heterocycles. The Bertz CT molecular complexity index is 207. The van der Waals surface area contributed by atoms with E-state index in [-0.39, 0.29) is 5.54 Å². The van der Waals surface area contributed by atoms with E-state index >= 15 is 0 Å². The van der Waals surface area contributed by atoms with Crippen molar-refractivity contribution >= 4 is 0 Å². The van der Waals surface area contributed by atoms with Crippen molar-refractivity contribution in [2.24, 2.45) is 0 Å². The quantitative estimate of drug-likeness (QED) is 0.659. The highest BCUT2D eigenvalue weighted by molar-refractivity contribution is 4.76. The summed E-state index contributed by atoms with van der Waals surface area (Å²) in [5.74, 6) is 0. The summed E-state index contributed by atoms with van der Waals surface area (Å²) in [4.78, 5) is 5.09. The molecular weight excluding hydrogens is 234 g/mol. The normalized spacial score (nSPS) is 14.4. The molecule has 0 aliphatic heterocycles. The van der Waals surface area contributed by atoms with Crippen LogP contribution in [0.2, 0.25) is 0 Å². The van der Waals surface area contributed by atoms with Gasteiger partial charge in [0.25, 0.3) is 0 Å². The summed E-state index contributed by atoms with van der Waals surface area (Å²) in [6, 6.07) is 0.612. The maximum absolute atomic E-state index is 3.61. The molecule has 0 saturated carbocycles. The molecule has 19 heavy (non-hydrogen) atoms. The Labute approximate surface area is 121 Å². The van der Waals surface area contributed by atoms with Gasteiger partial charge in [0.15, 0.2) is 0 Å². The molecular formula is C16H37N3. The van der Waals surface area contributed by atoms with E-state index in [1.807, 2.05) is 0 Å². The molecule has 0 aromatic carbocycles. The van der Waals surface area contributed by atoms with Crippen LogP contribution < -0.4 is 5.32 Å². The minimum absolute atomic E-state index is 0.217. The zero-order chi connectivity index (χ0) is 14.9. The Morgan fingerprint density at radius 1 is 0.947 bits per heavy atom. The third-order valence-corrected chi connectivity index (χ3v) is 3.77. The molecule has 1 unspecified atom stereocenters. The van der Waals surface area contributed by atoms with Crippen LogP contribution in [-0.4, -0.2) is 60.6 Å². The Kier molecular flexibility index (Phi) is 9.67. The van der Waals surface area contributed by atoms with E-state index in [4.69, 9.17) is 0 Å². The van der Waals surface area contributed by atoms with Crippen molar-refractivity contribution < 1.29 is 0 Å². The Morgan fingerprint density at radius 2 is 1.53 bits per heavy atom. The van der Waals surface area contributed by atoms with Crippen molar-refractivity contribution in [1.82, 2.24) is 15.1 Å². The van der Waals surface area contributed by atoms with Crippen LogP contribution in [0.25, 0.3) is 0 Å². The van der Waals surface area contributed by atoms with Gasteiger partial charge in [-0.1, -0.05) is 20.8 Å². The molecule has 0 spiro atoms. The van der Waals surface area contributed by atoms with Crippen molar-refractivity contribution in [3.05, 3.63) is 0 Å². The highest BCUT2D eigenvalue weighted by atomic mass is 15.2. The van der Waals surface area contributed by atoms with Crippen molar-refractivity contribution in [3.8, 4) is 0 Å². The predicted molar refractivity (Wildman–Crippen MR) is 86.9 cm³/mol. The number of nitrogens with zero attached hydrogens (tertiary/aromatic N) is 2. The lowest BCUT2D eigenvalue weighted by Gasteiger charge is -2.31. The fourth-order valence-electron chi connectivity index (χ4n) is 2.31. The van der Waals surface area contributed by atoms with E-state index in [1.54, 1.807) is 0 Å². The van der Waals surface area contributed by atoms with Gasteiger partial charge in [0, 0.05) is 18.1 Å². The molecule has 0 fully saturated rings. The summed E-state index contributed by atoms with van der Waals surface area (Å²) in [6.45, 7) is 22.8. The summed E-state index contributed by atoms with van der Waals surface area (Å²) in [6.07, 6.45) is 1.27. The lowest BCUT2D eigenvalue weighted by Crippen LogP contribution is -2.46. The Morgan fingerprint density at radius 3 is 1.95 bits per heavy atom. The smallest absolute Gasteiger partial charge is 0.0192 e. The average molecular weight is 271 g/mol. The molecule has 0 saturated heterocycles. The maximum atomic E-state index is 3.61. The van der Waals surface area contributed by atoms with Crippen LogP contribution >= 0.6 is 0 Å². The van der Waals surface area contributed by atoms with Gasteiger partial charge < -0.3 is 10.2 Å². The van der Waals surface area contributed by atoms with Crippen molar-refractivity contribution in [3.63, 3.8) is 0 Å². The SMILES string of the molecule is CCN(CC)CCCN(CC)C(C)CNC(C)(C)C. The molecule has 0 aliphatic rings. The van der Waals surface area contributed by atoms with Crippen LogP contribution in [0.4, 0.5) is 0 Å². The Hall–Kier alpha value is -0.120. The maximum Gasteiger partial charge on any atom is 0.0192 e. The zero-order valence-electron chi connectivity index (χ0n) is 14.4. The van der Waals surface area contributed by atoms with E-state index in [0.29, 0.717) is 6.04 Å². The topological polar surface area (TPSA) is 18.5 Å². The monoisotopic (exact) mass is 271 g/mol. The van der Waals surface area contributed by atoms with Gasteiger partial charge >= 0.3 is 0 Å². The molecule has 1 N–H and O–H groups in total. The van der Waals surface area contributed by atoms with Crippen molar-refractivity contribution in [2.45, 2.75) is 66.5 Å². The van der Waals surface area contributed by atoms with Gasteiger partial charge in [-0.05, 0) is 66.8 Å². The summed E-state index contributed by atoms with van der Waals surface area (Å²) in [5, 5.41) is 3.61. The molecule has 0 amide bonds. The standard InChI is InChI=1S/C16H37N3/c1-8-18(9-2)12-11-13-19(10-3)15(4)14-17-16(5,6)7/h15,17H,8-14H2,1-7H3. The van der Waals surface area contributed by atoms with Crippen LogP contribution in [0.3, 0.4) is 0 Å². The first-order valence-corrected chi connectivity index (χ1v) is 8.05. The first-order chi connectivity index (χ1) is 8.84. The number of rotatable bonds is 10. The molecule has 1 atom stereocenters. The van der Waals surface area contributed by atoms with Gasteiger partial charge in [-0.15, -0.1) is 0 Å². The third kappa shape index (κ3) is 9.42. The van der Waals surface area contributed by atoms with Gasteiger partial charge in [-0.2, -0.15) is 0 Å². The average Bonchev–Trinajstić information content (AvgIpc) is 2.35. The largest absolute Gasteiger partial charge is 0.311 e. The molecule has 0 bridgehead atoms. The Balaban J connectivity index is 3.98. The first kappa shape index (κ1) is 18.9. The van der Waals surface area contributed by atoms with Crippen LogP contribution in [-0.2, 0) is 0 Å². The molecule has 0 radical (unpaired) electrons. The van der Waals surface area contributed by atoms with Gasteiger partial charge in [0.05, 0.1) is 0 Å². The second kappa shape index (κ2) is 9.73. The molecule has 0 heterocycles. The summed E-state index contributed by atoms with van der Waals surface area (Å²) >= 11 is 0. The fourth-order valence-corrected chi connectivity index (χ4v) is 2.31. The highest BCUT2D eigenvalue weighted by Gasteiger charge is 2.15. The van der Waals surface area contributed by atoms with Crippen molar-refractivity contribution in [2.75, 3.05) is 39.3 Å². The lowest BCUT2D eigenvalue weighted by molar-refractivity contribution is 0.188. The third-order valence-electron chi connectivity index (χ3n) is 3.77. The van der Waals surface area contributed by atoms with E-state index < -0.39 is 0 Å². The minimum atomic E-state index is 0.217. The lowest BCUT2D eigenvalue weighted by atomic mass is 10.1. The zero-order valence-corrected chi connectivity index (χ0v) is 14.4. The predicted octanol–water partition coefficient (Wildman–Crippen LogP) is 2.82. The summed E-state index contributed by atoms with van der Waals surface area (Å²) in [7, 11) is 0. The molecule has 0 aliphatic carbocycles. The van der Waals surface area contributed by atoms with Gasteiger partial charge in [0.1, 0.15) is 0 Å². The van der Waals surface area contributed by atoms with Crippen LogP contribution in [0, 0.1) is 0 Å². The molecule has 116 valence electrons. The number of hydrogen-bond donors (Lipinski definition) is 1. The van der Waals surface area contributed by atoms with E-state index in [0.717, 1.165) is 13.1 Å². The second-order valence-electron chi connectivity index (χ2n) is 6.49. The highest BCUT2D eigenvalue weighted by Crippen LogP contribution is 2.04. The van der Waals surface area contributed by atoms with Gasteiger partial charge in [-0.25, -0.2) is 0 Å². The molecule has 3 heteroatoms.